The molecular formula is C14H24N2O2S. The van der Waals surface area contributed by atoms with Gasteiger partial charge in [-0.3, -0.25) is 0 Å². The zero-order valence-electron chi connectivity index (χ0n) is 12.6. The molecule has 1 aromatic rings. The third kappa shape index (κ3) is 2.92. The number of sulfonamides is 1. The number of benzene rings is 1. The molecule has 0 aromatic heterocycles. The van der Waals surface area contributed by atoms with E-state index in [4.69, 9.17) is 5.73 Å². The van der Waals surface area contributed by atoms with Crippen molar-refractivity contribution in [2.75, 3.05) is 12.8 Å². The molecule has 2 N–H and O–H groups in total. The Morgan fingerprint density at radius 2 is 1.79 bits per heavy atom. The van der Waals surface area contributed by atoms with E-state index in [-0.39, 0.29) is 0 Å². The zero-order chi connectivity index (χ0) is 15.0. The molecule has 0 amide bonds. The molecule has 19 heavy (non-hydrogen) atoms. The van der Waals surface area contributed by atoms with Crippen LogP contribution < -0.4 is 5.73 Å². The first-order valence-electron chi connectivity index (χ1n) is 6.39. The van der Waals surface area contributed by atoms with E-state index < -0.39 is 15.6 Å². The van der Waals surface area contributed by atoms with Crippen LogP contribution in [0.2, 0.25) is 0 Å². The van der Waals surface area contributed by atoms with E-state index in [0.29, 0.717) is 16.1 Å². The van der Waals surface area contributed by atoms with E-state index in [9.17, 15) is 8.42 Å². The molecule has 1 aromatic carbocycles. The summed E-state index contributed by atoms with van der Waals surface area (Å²) >= 11 is 0. The van der Waals surface area contributed by atoms with Gasteiger partial charge < -0.3 is 5.73 Å². The monoisotopic (exact) mass is 284 g/mol. The molecular weight excluding hydrogens is 260 g/mol. The molecule has 0 spiro atoms. The minimum Gasteiger partial charge on any atom is -0.398 e. The first kappa shape index (κ1) is 16.0. The topological polar surface area (TPSA) is 63.4 Å². The van der Waals surface area contributed by atoms with Crippen molar-refractivity contribution in [1.29, 1.82) is 0 Å². The van der Waals surface area contributed by atoms with Crippen LogP contribution >= 0.6 is 0 Å². The molecule has 0 atom stereocenters. The summed E-state index contributed by atoms with van der Waals surface area (Å²) in [7, 11) is -1.91. The van der Waals surface area contributed by atoms with Crippen LogP contribution in [0.25, 0.3) is 0 Å². The van der Waals surface area contributed by atoms with Gasteiger partial charge in [-0.15, -0.1) is 0 Å². The van der Waals surface area contributed by atoms with Gasteiger partial charge in [0.1, 0.15) is 0 Å². The highest BCUT2D eigenvalue weighted by Crippen LogP contribution is 2.30. The fourth-order valence-corrected chi connectivity index (χ4v) is 3.73. The second kappa shape index (κ2) is 5.13. The maximum Gasteiger partial charge on any atom is 0.243 e. The van der Waals surface area contributed by atoms with Crippen LogP contribution in [0.1, 0.15) is 38.3 Å². The van der Waals surface area contributed by atoms with Crippen molar-refractivity contribution < 1.29 is 8.42 Å². The molecule has 0 unspecified atom stereocenters. The van der Waals surface area contributed by atoms with Gasteiger partial charge in [0.25, 0.3) is 0 Å². The van der Waals surface area contributed by atoms with Gasteiger partial charge >= 0.3 is 0 Å². The largest absolute Gasteiger partial charge is 0.398 e. The third-order valence-corrected chi connectivity index (χ3v) is 6.10. The Kier molecular flexibility index (Phi) is 4.32. The van der Waals surface area contributed by atoms with E-state index in [1.165, 1.54) is 4.31 Å². The van der Waals surface area contributed by atoms with E-state index in [2.05, 4.69) is 0 Å². The second-order valence-corrected chi connectivity index (χ2v) is 7.55. The van der Waals surface area contributed by atoms with E-state index in [0.717, 1.165) is 12.0 Å². The van der Waals surface area contributed by atoms with Crippen LogP contribution in [-0.2, 0) is 10.0 Å². The van der Waals surface area contributed by atoms with Crippen molar-refractivity contribution in [3.63, 3.8) is 0 Å². The fraction of sp³-hybridized carbons (Fsp3) is 0.571. The van der Waals surface area contributed by atoms with Gasteiger partial charge in [-0.1, -0.05) is 6.92 Å². The number of aryl methyl sites for hydroxylation is 1. The van der Waals surface area contributed by atoms with Crippen molar-refractivity contribution in [1.82, 2.24) is 4.31 Å². The van der Waals surface area contributed by atoms with Crippen LogP contribution in [0.5, 0.6) is 0 Å². The minimum absolute atomic E-state index is 0.300. The highest BCUT2D eigenvalue weighted by molar-refractivity contribution is 7.89. The van der Waals surface area contributed by atoms with Gasteiger partial charge in [-0.2, -0.15) is 4.31 Å². The van der Waals surface area contributed by atoms with Crippen molar-refractivity contribution in [3.05, 3.63) is 23.3 Å². The van der Waals surface area contributed by atoms with Crippen molar-refractivity contribution in [2.24, 2.45) is 0 Å². The predicted octanol–water partition coefficient (Wildman–Crippen LogP) is 2.69. The summed E-state index contributed by atoms with van der Waals surface area (Å²) in [5.41, 5.74) is 7.43. The Labute approximate surface area is 116 Å². The van der Waals surface area contributed by atoms with Crippen molar-refractivity contribution in [3.8, 4) is 0 Å². The lowest BCUT2D eigenvalue weighted by Gasteiger charge is -2.34. The molecule has 0 saturated carbocycles. The smallest absolute Gasteiger partial charge is 0.243 e. The number of rotatable bonds is 4. The molecule has 0 aliphatic heterocycles. The Morgan fingerprint density at radius 3 is 2.26 bits per heavy atom. The van der Waals surface area contributed by atoms with Crippen LogP contribution in [0.3, 0.4) is 0 Å². The molecule has 4 nitrogen and oxygen atoms in total. The SMILES string of the molecule is CCC(C)(C)N(C)S(=O)(=O)c1cc(C)cc(N)c1C. The lowest BCUT2D eigenvalue weighted by atomic mass is 10.0. The summed E-state index contributed by atoms with van der Waals surface area (Å²) in [4.78, 5) is 0.300. The summed E-state index contributed by atoms with van der Waals surface area (Å²) in [6.07, 6.45) is 0.739. The number of anilines is 1. The van der Waals surface area contributed by atoms with Crippen molar-refractivity contribution in [2.45, 2.75) is 51.5 Å². The molecule has 0 heterocycles. The summed E-state index contributed by atoms with van der Waals surface area (Å²) < 4.78 is 26.9. The average Bonchev–Trinajstić information content (AvgIpc) is 2.32. The van der Waals surface area contributed by atoms with Crippen LogP contribution in [0, 0.1) is 13.8 Å². The molecule has 1 rings (SSSR count). The Bertz CT molecular complexity index is 577. The number of hydrogen-bond donors (Lipinski definition) is 1. The summed E-state index contributed by atoms with van der Waals surface area (Å²) in [6, 6.07) is 3.47. The van der Waals surface area contributed by atoms with Gasteiger partial charge in [0.2, 0.25) is 10.0 Å². The van der Waals surface area contributed by atoms with Gasteiger partial charge in [0.05, 0.1) is 4.90 Å². The molecule has 5 heteroatoms. The maximum atomic E-state index is 12.7. The highest BCUT2D eigenvalue weighted by atomic mass is 32.2. The van der Waals surface area contributed by atoms with Gasteiger partial charge in [0, 0.05) is 18.3 Å². The Hall–Kier alpha value is -1.07. The molecule has 108 valence electrons. The number of hydrogen-bond acceptors (Lipinski definition) is 3. The molecule has 0 radical (unpaired) electrons. The molecule has 0 aliphatic rings. The minimum atomic E-state index is -3.53. The first-order chi connectivity index (χ1) is 8.54. The third-order valence-electron chi connectivity index (χ3n) is 3.90. The maximum absolute atomic E-state index is 12.7. The number of nitrogens with zero attached hydrogens (tertiary/aromatic N) is 1. The molecule has 0 saturated heterocycles. The van der Waals surface area contributed by atoms with E-state index >= 15 is 0 Å². The van der Waals surface area contributed by atoms with Gasteiger partial charge in [-0.25, -0.2) is 8.42 Å². The quantitative estimate of drug-likeness (QED) is 0.865. The molecule has 0 fully saturated rings. The Balaban J connectivity index is 3.45. The van der Waals surface area contributed by atoms with E-state index in [1.54, 1.807) is 26.1 Å². The lowest BCUT2D eigenvalue weighted by Crippen LogP contribution is -2.44. The second-order valence-electron chi connectivity index (χ2n) is 5.62. The normalized spacial score (nSPS) is 13.0. The van der Waals surface area contributed by atoms with Crippen LogP contribution in [-0.4, -0.2) is 25.3 Å². The standard InChI is InChI=1S/C14H24N2O2S/c1-7-14(4,5)16(6)19(17,18)13-9-10(2)8-12(15)11(13)3/h8-9H,7,15H2,1-6H3. The van der Waals surface area contributed by atoms with Crippen LogP contribution in [0.4, 0.5) is 5.69 Å². The predicted molar refractivity (Wildman–Crippen MR) is 79.6 cm³/mol. The summed E-state index contributed by atoms with van der Waals surface area (Å²) in [5.74, 6) is 0. The first-order valence-corrected chi connectivity index (χ1v) is 7.83. The molecule has 0 bridgehead atoms. The average molecular weight is 284 g/mol. The highest BCUT2D eigenvalue weighted by Gasteiger charge is 2.33. The van der Waals surface area contributed by atoms with Crippen molar-refractivity contribution >= 4 is 15.7 Å². The summed E-state index contributed by atoms with van der Waals surface area (Å²) in [5, 5.41) is 0. The fourth-order valence-electron chi connectivity index (χ4n) is 1.82. The number of nitrogen functional groups attached to an aromatic ring is 1. The van der Waals surface area contributed by atoms with Gasteiger partial charge in [-0.05, 0) is 57.4 Å². The van der Waals surface area contributed by atoms with E-state index in [1.807, 2.05) is 27.7 Å². The number of nitrogens with two attached hydrogens (primary N) is 1. The lowest BCUT2D eigenvalue weighted by molar-refractivity contribution is 0.257. The van der Waals surface area contributed by atoms with Crippen LogP contribution in [0.15, 0.2) is 17.0 Å². The Morgan fingerprint density at radius 1 is 1.26 bits per heavy atom. The zero-order valence-corrected chi connectivity index (χ0v) is 13.4. The summed E-state index contributed by atoms with van der Waals surface area (Å²) in [6.45, 7) is 9.40. The van der Waals surface area contributed by atoms with Gasteiger partial charge in [0.15, 0.2) is 0 Å². The molecule has 0 aliphatic carbocycles.